The zero-order chi connectivity index (χ0) is 13.8. The molecule has 0 fully saturated rings. The highest BCUT2D eigenvalue weighted by atomic mass is 16.5. The summed E-state index contributed by atoms with van der Waals surface area (Å²) in [6.07, 6.45) is 3.21. The molecule has 0 saturated carbocycles. The molecule has 2 heteroatoms. The van der Waals surface area contributed by atoms with Gasteiger partial charge in [0.05, 0.1) is 6.61 Å². The number of aromatic nitrogens is 1. The molecule has 2 aromatic carbocycles. The van der Waals surface area contributed by atoms with Gasteiger partial charge in [-0.3, -0.25) is 0 Å². The lowest BCUT2D eigenvalue weighted by atomic mass is 10.1. The van der Waals surface area contributed by atoms with Crippen LogP contribution in [0.3, 0.4) is 0 Å². The van der Waals surface area contributed by atoms with E-state index in [1.165, 1.54) is 16.5 Å². The van der Waals surface area contributed by atoms with Crippen molar-refractivity contribution in [3.63, 3.8) is 0 Å². The lowest BCUT2D eigenvalue weighted by Gasteiger charge is -2.07. The maximum Gasteiger partial charge on any atom is 0.120 e. The van der Waals surface area contributed by atoms with Gasteiger partial charge in [0.1, 0.15) is 5.75 Å². The predicted octanol–water partition coefficient (Wildman–Crippen LogP) is 4.28. The molecule has 20 heavy (non-hydrogen) atoms. The van der Waals surface area contributed by atoms with Crippen molar-refractivity contribution in [1.82, 2.24) is 4.57 Å². The average molecular weight is 265 g/mol. The smallest absolute Gasteiger partial charge is 0.120 e. The van der Waals surface area contributed by atoms with Gasteiger partial charge in [0, 0.05) is 23.6 Å². The third-order valence-corrected chi connectivity index (χ3v) is 3.54. The molecule has 1 aromatic heterocycles. The number of aryl methyl sites for hydroxylation is 2. The van der Waals surface area contributed by atoms with E-state index < -0.39 is 0 Å². The minimum Gasteiger partial charge on any atom is -0.494 e. The molecule has 0 amide bonds. The van der Waals surface area contributed by atoms with Gasteiger partial charge in [-0.2, -0.15) is 0 Å². The number of ether oxygens (including phenoxy) is 1. The Hall–Kier alpha value is -2.22. The fourth-order valence-corrected chi connectivity index (χ4v) is 2.52. The molecule has 3 aromatic rings. The lowest BCUT2D eigenvalue weighted by molar-refractivity contribution is 0.340. The monoisotopic (exact) mass is 265 g/mol. The molecule has 0 aliphatic rings. The van der Waals surface area contributed by atoms with E-state index in [4.69, 9.17) is 4.74 Å². The molecule has 0 atom stereocenters. The maximum absolute atomic E-state index is 5.54. The number of hydrogen-bond donors (Lipinski definition) is 0. The Labute approximate surface area is 119 Å². The molecule has 0 aliphatic heterocycles. The summed E-state index contributed by atoms with van der Waals surface area (Å²) < 4.78 is 7.85. The van der Waals surface area contributed by atoms with Gasteiger partial charge in [0.15, 0.2) is 0 Å². The molecule has 0 bridgehead atoms. The van der Waals surface area contributed by atoms with E-state index in [1.807, 2.05) is 13.0 Å². The van der Waals surface area contributed by atoms with Crippen molar-refractivity contribution in [2.24, 2.45) is 0 Å². The minimum atomic E-state index is 0.709. The van der Waals surface area contributed by atoms with Crippen LogP contribution in [0.1, 0.15) is 12.5 Å². The zero-order valence-corrected chi connectivity index (χ0v) is 11.8. The highest BCUT2D eigenvalue weighted by Crippen LogP contribution is 2.22. The first-order valence-corrected chi connectivity index (χ1v) is 7.12. The quantitative estimate of drug-likeness (QED) is 0.671. The van der Waals surface area contributed by atoms with Gasteiger partial charge in [0.25, 0.3) is 0 Å². The van der Waals surface area contributed by atoms with Crippen molar-refractivity contribution in [3.8, 4) is 5.75 Å². The molecule has 2 nitrogen and oxygen atoms in total. The molecule has 0 saturated heterocycles. The van der Waals surface area contributed by atoms with Crippen LogP contribution >= 0.6 is 0 Å². The van der Waals surface area contributed by atoms with Crippen LogP contribution in [-0.4, -0.2) is 11.2 Å². The van der Waals surface area contributed by atoms with E-state index in [-0.39, 0.29) is 0 Å². The third kappa shape index (κ3) is 2.69. The Morgan fingerprint density at radius 3 is 2.65 bits per heavy atom. The minimum absolute atomic E-state index is 0.709. The Morgan fingerprint density at radius 2 is 1.85 bits per heavy atom. The summed E-state index contributed by atoms with van der Waals surface area (Å²) >= 11 is 0. The Morgan fingerprint density at radius 1 is 1.00 bits per heavy atom. The molecule has 102 valence electrons. The zero-order valence-electron chi connectivity index (χ0n) is 11.8. The standard InChI is InChI=1S/C18H19NO/c1-2-20-17-8-9-18-16(14-17)11-13-19(18)12-10-15-6-4-3-5-7-15/h3-9,11,13-14H,2,10,12H2,1H3. The van der Waals surface area contributed by atoms with Crippen LogP contribution in [0.4, 0.5) is 0 Å². The SMILES string of the molecule is CCOc1ccc2c(ccn2CCc2ccccc2)c1. The molecular formula is C18H19NO. The van der Waals surface area contributed by atoms with E-state index in [1.54, 1.807) is 0 Å². The van der Waals surface area contributed by atoms with Crippen LogP contribution in [0.25, 0.3) is 10.9 Å². The van der Waals surface area contributed by atoms with Crippen LogP contribution < -0.4 is 4.74 Å². The molecule has 3 rings (SSSR count). The summed E-state index contributed by atoms with van der Waals surface area (Å²) in [6, 6.07) is 19.1. The second-order valence-corrected chi connectivity index (χ2v) is 4.90. The summed E-state index contributed by atoms with van der Waals surface area (Å²) in [6.45, 7) is 3.72. The second kappa shape index (κ2) is 5.83. The van der Waals surface area contributed by atoms with Crippen molar-refractivity contribution in [1.29, 1.82) is 0 Å². The number of benzene rings is 2. The van der Waals surface area contributed by atoms with E-state index in [0.29, 0.717) is 6.61 Å². The predicted molar refractivity (Wildman–Crippen MR) is 83.3 cm³/mol. The Balaban J connectivity index is 1.78. The summed E-state index contributed by atoms with van der Waals surface area (Å²) in [7, 11) is 0. The number of hydrogen-bond acceptors (Lipinski definition) is 1. The third-order valence-electron chi connectivity index (χ3n) is 3.54. The number of rotatable bonds is 5. The molecule has 0 spiro atoms. The van der Waals surface area contributed by atoms with E-state index in [9.17, 15) is 0 Å². The van der Waals surface area contributed by atoms with Crippen LogP contribution in [0.15, 0.2) is 60.8 Å². The highest BCUT2D eigenvalue weighted by molar-refractivity contribution is 5.81. The summed E-state index contributed by atoms with van der Waals surface area (Å²) in [5.41, 5.74) is 2.64. The largest absolute Gasteiger partial charge is 0.494 e. The van der Waals surface area contributed by atoms with E-state index in [2.05, 4.69) is 59.3 Å². The second-order valence-electron chi connectivity index (χ2n) is 4.90. The fourth-order valence-electron chi connectivity index (χ4n) is 2.52. The number of nitrogens with zero attached hydrogens (tertiary/aromatic N) is 1. The summed E-state index contributed by atoms with van der Waals surface area (Å²) in [4.78, 5) is 0. The van der Waals surface area contributed by atoms with Crippen molar-refractivity contribution in [2.75, 3.05) is 6.61 Å². The van der Waals surface area contributed by atoms with Crippen LogP contribution in [0.2, 0.25) is 0 Å². The van der Waals surface area contributed by atoms with Crippen LogP contribution in [-0.2, 0) is 13.0 Å². The first-order valence-electron chi connectivity index (χ1n) is 7.12. The normalized spacial score (nSPS) is 10.8. The van der Waals surface area contributed by atoms with E-state index >= 15 is 0 Å². The van der Waals surface area contributed by atoms with Crippen LogP contribution in [0, 0.1) is 0 Å². The molecule has 0 unspecified atom stereocenters. The van der Waals surface area contributed by atoms with Gasteiger partial charge in [-0.15, -0.1) is 0 Å². The Kier molecular flexibility index (Phi) is 3.73. The van der Waals surface area contributed by atoms with Crippen molar-refractivity contribution in [3.05, 3.63) is 66.4 Å². The molecule has 0 radical (unpaired) electrons. The van der Waals surface area contributed by atoms with Crippen molar-refractivity contribution >= 4 is 10.9 Å². The van der Waals surface area contributed by atoms with Gasteiger partial charge in [0.2, 0.25) is 0 Å². The van der Waals surface area contributed by atoms with Crippen molar-refractivity contribution < 1.29 is 4.74 Å². The molecular weight excluding hydrogens is 246 g/mol. The van der Waals surface area contributed by atoms with Gasteiger partial charge < -0.3 is 9.30 Å². The summed E-state index contributed by atoms with van der Waals surface area (Å²) in [5.74, 6) is 0.945. The molecule has 1 heterocycles. The topological polar surface area (TPSA) is 14.2 Å². The van der Waals surface area contributed by atoms with Crippen LogP contribution in [0.5, 0.6) is 5.75 Å². The highest BCUT2D eigenvalue weighted by Gasteiger charge is 2.03. The maximum atomic E-state index is 5.54. The summed E-state index contributed by atoms with van der Waals surface area (Å²) in [5, 5.41) is 1.24. The Bertz CT molecular complexity index is 685. The lowest BCUT2D eigenvalue weighted by Crippen LogP contribution is -1.99. The van der Waals surface area contributed by atoms with Crippen molar-refractivity contribution in [2.45, 2.75) is 19.9 Å². The number of fused-ring (bicyclic) bond motifs is 1. The fraction of sp³-hybridized carbons (Fsp3) is 0.222. The van der Waals surface area contributed by atoms with Gasteiger partial charge in [-0.05, 0) is 43.2 Å². The van der Waals surface area contributed by atoms with Gasteiger partial charge in [-0.25, -0.2) is 0 Å². The average Bonchev–Trinajstić information content (AvgIpc) is 2.89. The first-order chi connectivity index (χ1) is 9.86. The molecule has 0 aliphatic carbocycles. The van der Waals surface area contributed by atoms with E-state index in [0.717, 1.165) is 18.7 Å². The molecule has 0 N–H and O–H groups in total. The first kappa shape index (κ1) is 12.8. The van der Waals surface area contributed by atoms with Gasteiger partial charge >= 0.3 is 0 Å². The van der Waals surface area contributed by atoms with Gasteiger partial charge in [-0.1, -0.05) is 30.3 Å².